The van der Waals surface area contributed by atoms with E-state index in [1.165, 1.54) is 12.1 Å². The minimum atomic E-state index is -4.49. The van der Waals surface area contributed by atoms with Crippen LogP contribution in [0.5, 0.6) is 11.5 Å². The summed E-state index contributed by atoms with van der Waals surface area (Å²) in [6.07, 6.45) is -7.15. The molecule has 0 radical (unpaired) electrons. The van der Waals surface area contributed by atoms with Crippen LogP contribution in [-0.4, -0.2) is 44.0 Å². The van der Waals surface area contributed by atoms with Gasteiger partial charge in [0.15, 0.2) is 0 Å². The molecule has 39 heavy (non-hydrogen) atoms. The third kappa shape index (κ3) is 7.26. The van der Waals surface area contributed by atoms with Crippen LogP contribution < -0.4 is 4.74 Å². The monoisotopic (exact) mass is 577 g/mol. The van der Waals surface area contributed by atoms with Crippen LogP contribution in [-0.2, 0) is 27.2 Å². The Morgan fingerprint density at radius 3 is 2.13 bits per heavy atom. The summed E-state index contributed by atoms with van der Waals surface area (Å²) in [5, 5.41) is 0. The van der Waals surface area contributed by atoms with Crippen molar-refractivity contribution in [2.75, 3.05) is 18.6 Å². The van der Waals surface area contributed by atoms with Gasteiger partial charge in [0.25, 0.3) is 0 Å². The third-order valence-electron chi connectivity index (χ3n) is 7.50. The molecule has 0 N–H and O–H groups in total. The molecular weight excluding hydrogens is 548 g/mol. The summed E-state index contributed by atoms with van der Waals surface area (Å²) >= 11 is 0. The number of ether oxygens (including phenoxy) is 1. The maximum Gasteiger partial charge on any atom is 0.416 e. The average Bonchev–Trinajstić information content (AvgIpc) is 2.85. The maximum absolute atomic E-state index is 13.3. The van der Waals surface area contributed by atoms with E-state index in [2.05, 4.69) is 0 Å². The number of rotatable bonds is 6. The molecule has 1 amide bonds. The third-order valence-corrected chi connectivity index (χ3v) is 8.45. The Balaban J connectivity index is 1.62. The summed E-state index contributed by atoms with van der Waals surface area (Å²) in [6.45, 7) is 0.304. The van der Waals surface area contributed by atoms with Crippen molar-refractivity contribution < 1.29 is 44.3 Å². The van der Waals surface area contributed by atoms with E-state index in [1.54, 1.807) is 23.1 Å². The molecule has 1 heterocycles. The number of amides is 1. The minimum Gasteiger partial charge on any atom is -0.457 e. The van der Waals surface area contributed by atoms with Crippen molar-refractivity contribution >= 4 is 15.7 Å². The quantitative estimate of drug-likeness (QED) is 0.358. The van der Waals surface area contributed by atoms with Gasteiger partial charge in [-0.1, -0.05) is 6.07 Å². The van der Waals surface area contributed by atoms with Crippen LogP contribution in [0.25, 0.3) is 0 Å². The number of hydrogen-bond donors (Lipinski definition) is 0. The van der Waals surface area contributed by atoms with E-state index in [9.17, 15) is 39.6 Å². The highest BCUT2D eigenvalue weighted by atomic mass is 32.2. The summed E-state index contributed by atoms with van der Waals surface area (Å²) in [7, 11) is -3.40. The topological polar surface area (TPSA) is 63.7 Å². The number of sulfone groups is 1. The Bertz CT molecular complexity index is 1280. The van der Waals surface area contributed by atoms with Crippen molar-refractivity contribution in [1.82, 2.24) is 4.90 Å². The zero-order chi connectivity index (χ0) is 28.6. The Kier molecular flexibility index (Phi) is 8.26. The number of alkyl halides is 6. The van der Waals surface area contributed by atoms with Crippen LogP contribution in [0.15, 0.2) is 42.5 Å². The lowest BCUT2D eigenvalue weighted by Gasteiger charge is -2.44. The van der Waals surface area contributed by atoms with E-state index < -0.39 is 39.7 Å². The van der Waals surface area contributed by atoms with Crippen molar-refractivity contribution in [3.05, 3.63) is 59.2 Å². The smallest absolute Gasteiger partial charge is 0.416 e. The van der Waals surface area contributed by atoms with Gasteiger partial charge in [0, 0.05) is 19.2 Å². The number of halogens is 6. The second-order valence-electron chi connectivity index (χ2n) is 10.3. The number of fused-ring (bicyclic) bond motifs is 1. The Labute approximate surface area is 223 Å². The minimum absolute atomic E-state index is 0.0624. The van der Waals surface area contributed by atoms with E-state index in [-0.39, 0.29) is 55.4 Å². The molecule has 1 saturated carbocycles. The first-order valence-corrected chi connectivity index (χ1v) is 14.7. The molecule has 4 rings (SSSR count). The van der Waals surface area contributed by atoms with Gasteiger partial charge in [-0.05, 0) is 85.5 Å². The molecule has 1 atom stereocenters. The fraction of sp³-hybridized carbons (Fsp3) is 0.519. The molecule has 12 heteroatoms. The first-order chi connectivity index (χ1) is 18.1. The molecule has 1 aliphatic heterocycles. The van der Waals surface area contributed by atoms with Crippen LogP contribution in [0.4, 0.5) is 26.3 Å². The number of benzene rings is 2. The first kappa shape index (κ1) is 29.2. The first-order valence-electron chi connectivity index (χ1n) is 12.6. The lowest BCUT2D eigenvalue weighted by molar-refractivity contribution is -0.185. The lowest BCUT2D eigenvalue weighted by Crippen LogP contribution is -2.45. The molecule has 214 valence electrons. The largest absolute Gasteiger partial charge is 0.457 e. The van der Waals surface area contributed by atoms with E-state index in [0.717, 1.165) is 24.0 Å². The van der Waals surface area contributed by atoms with Crippen molar-refractivity contribution in [2.45, 2.75) is 56.9 Å². The van der Waals surface area contributed by atoms with E-state index in [0.29, 0.717) is 24.3 Å². The molecule has 2 aromatic carbocycles. The Morgan fingerprint density at radius 1 is 0.949 bits per heavy atom. The molecule has 0 bridgehead atoms. The summed E-state index contributed by atoms with van der Waals surface area (Å²) in [6, 6.07) is 8.76. The molecular formula is C27H29F6NO4S. The lowest BCUT2D eigenvalue weighted by atomic mass is 9.74. The fourth-order valence-corrected chi connectivity index (χ4v) is 6.05. The molecule has 2 aromatic rings. The number of carbonyl (C=O) groups excluding carboxylic acids is 1. The van der Waals surface area contributed by atoms with Crippen molar-refractivity contribution in [3.63, 3.8) is 0 Å². The fourth-order valence-electron chi connectivity index (χ4n) is 5.50. The molecule has 0 spiro atoms. The van der Waals surface area contributed by atoms with E-state index in [1.807, 2.05) is 0 Å². The van der Waals surface area contributed by atoms with Crippen LogP contribution in [0.1, 0.15) is 54.8 Å². The van der Waals surface area contributed by atoms with Gasteiger partial charge in [0.1, 0.15) is 21.3 Å². The van der Waals surface area contributed by atoms with Gasteiger partial charge < -0.3 is 9.64 Å². The second kappa shape index (κ2) is 11.0. The zero-order valence-corrected chi connectivity index (χ0v) is 22.0. The number of carbonyl (C=O) groups is 1. The summed E-state index contributed by atoms with van der Waals surface area (Å²) in [4.78, 5) is 14.8. The SMILES string of the molecule is CS(=O)(=O)CCC(=O)N1CCc2ccc(Oc3ccc(C(F)(F)F)cc3)cc2C1C1CCC(C(F)(F)F)CC1. The number of nitrogens with zero attached hydrogens (tertiary/aromatic N) is 1. The maximum atomic E-state index is 13.3. The van der Waals surface area contributed by atoms with Crippen molar-refractivity contribution in [3.8, 4) is 11.5 Å². The normalized spacial score (nSPS) is 22.3. The predicted octanol–water partition coefficient (Wildman–Crippen LogP) is 6.73. The van der Waals surface area contributed by atoms with Crippen molar-refractivity contribution in [1.29, 1.82) is 0 Å². The Morgan fingerprint density at radius 2 is 1.56 bits per heavy atom. The molecule has 0 saturated heterocycles. The van der Waals surface area contributed by atoms with E-state index >= 15 is 0 Å². The van der Waals surface area contributed by atoms with Crippen LogP contribution in [0, 0.1) is 11.8 Å². The zero-order valence-electron chi connectivity index (χ0n) is 21.2. The van der Waals surface area contributed by atoms with Crippen LogP contribution in [0.2, 0.25) is 0 Å². The van der Waals surface area contributed by atoms with Crippen molar-refractivity contribution in [2.24, 2.45) is 11.8 Å². The molecule has 5 nitrogen and oxygen atoms in total. The molecule has 0 aromatic heterocycles. The Hall–Kier alpha value is -2.76. The van der Waals surface area contributed by atoms with Gasteiger partial charge in [-0.2, -0.15) is 26.3 Å². The van der Waals surface area contributed by atoms with Crippen LogP contribution >= 0.6 is 0 Å². The highest BCUT2D eigenvalue weighted by Crippen LogP contribution is 2.47. The summed E-state index contributed by atoms with van der Waals surface area (Å²) < 4.78 is 108. The molecule has 1 unspecified atom stereocenters. The van der Waals surface area contributed by atoms with Gasteiger partial charge in [-0.25, -0.2) is 8.42 Å². The number of hydrogen-bond acceptors (Lipinski definition) is 4. The standard InChI is InChI=1S/C27H29F6NO4S/c1-39(36,37)15-13-24(35)34-14-12-17-4-9-22(38-21-10-7-20(8-11-21)27(31,32)33)16-23(17)25(34)18-2-5-19(6-3-18)26(28,29)30/h4,7-11,16,18-19,25H,2-3,5-6,12-15H2,1H3. The molecule has 2 aliphatic rings. The highest BCUT2D eigenvalue weighted by Gasteiger charge is 2.45. The summed E-state index contributed by atoms with van der Waals surface area (Å²) in [5.41, 5.74) is 0.775. The van der Waals surface area contributed by atoms with Gasteiger partial charge in [-0.15, -0.1) is 0 Å². The molecule has 1 aliphatic carbocycles. The van der Waals surface area contributed by atoms with Crippen LogP contribution in [0.3, 0.4) is 0 Å². The molecule has 1 fully saturated rings. The average molecular weight is 578 g/mol. The van der Waals surface area contributed by atoms with E-state index in [4.69, 9.17) is 4.74 Å². The van der Waals surface area contributed by atoms with Gasteiger partial charge >= 0.3 is 12.4 Å². The second-order valence-corrected chi connectivity index (χ2v) is 12.6. The van der Waals surface area contributed by atoms with Gasteiger partial charge in [0.2, 0.25) is 5.91 Å². The van der Waals surface area contributed by atoms with Gasteiger partial charge in [0.05, 0.1) is 23.3 Å². The summed E-state index contributed by atoms with van der Waals surface area (Å²) in [5.74, 6) is -1.91. The van der Waals surface area contributed by atoms with Gasteiger partial charge in [-0.3, -0.25) is 4.79 Å². The highest BCUT2D eigenvalue weighted by molar-refractivity contribution is 7.90. The predicted molar refractivity (Wildman–Crippen MR) is 132 cm³/mol.